The van der Waals surface area contributed by atoms with Gasteiger partial charge in [-0.1, -0.05) is 6.92 Å². The van der Waals surface area contributed by atoms with Crippen LogP contribution in [0.5, 0.6) is 5.75 Å². The Balaban J connectivity index is 1.59. The fraction of sp³-hybridized carbons (Fsp3) is 0.519. The summed E-state index contributed by atoms with van der Waals surface area (Å²) >= 11 is 0. The van der Waals surface area contributed by atoms with Gasteiger partial charge >= 0.3 is 0 Å². The Labute approximate surface area is 199 Å². The van der Waals surface area contributed by atoms with Crippen molar-refractivity contribution in [3.8, 4) is 5.75 Å². The van der Waals surface area contributed by atoms with Crippen LogP contribution in [0.4, 0.5) is 5.69 Å². The van der Waals surface area contributed by atoms with Gasteiger partial charge in [0.05, 0.1) is 22.1 Å². The third-order valence-corrected chi connectivity index (χ3v) is 8.95. The largest absolute Gasteiger partial charge is 0.618 e. The Kier molecular flexibility index (Phi) is 3.86. The minimum Gasteiger partial charge on any atom is -0.618 e. The van der Waals surface area contributed by atoms with Gasteiger partial charge in [0.1, 0.15) is 22.4 Å². The van der Waals surface area contributed by atoms with Crippen LogP contribution >= 0.6 is 0 Å². The first-order chi connectivity index (χ1) is 15.8. The fourth-order valence-corrected chi connectivity index (χ4v) is 6.62. The Morgan fingerprint density at radius 3 is 2.65 bits per heavy atom. The van der Waals surface area contributed by atoms with Crippen LogP contribution in [0.25, 0.3) is 11.6 Å². The van der Waals surface area contributed by atoms with E-state index >= 15 is 0 Å². The number of hydrogen-bond acceptors (Lipinski definition) is 4. The summed E-state index contributed by atoms with van der Waals surface area (Å²) in [5.74, 6) is 0.150. The van der Waals surface area contributed by atoms with Crippen LogP contribution < -0.4 is 10.1 Å². The highest BCUT2D eigenvalue weighted by molar-refractivity contribution is 6.30. The average molecular weight is 462 g/mol. The van der Waals surface area contributed by atoms with Crippen LogP contribution in [0.3, 0.4) is 0 Å². The molecule has 1 aromatic rings. The number of carbonyl (C=O) groups is 2. The summed E-state index contributed by atoms with van der Waals surface area (Å²) in [6, 6.07) is 3.80. The highest BCUT2D eigenvalue weighted by Gasteiger charge is 2.66. The molecule has 2 amide bonds. The Bertz CT molecular complexity index is 1290. The minimum atomic E-state index is -1.20. The van der Waals surface area contributed by atoms with E-state index in [-0.39, 0.29) is 17.7 Å². The number of allylic oxidation sites excluding steroid dienone is 1. The van der Waals surface area contributed by atoms with Crippen molar-refractivity contribution in [3.63, 3.8) is 0 Å². The summed E-state index contributed by atoms with van der Waals surface area (Å²) in [4.78, 5) is 29.2. The van der Waals surface area contributed by atoms with Gasteiger partial charge in [-0.15, -0.1) is 0 Å². The van der Waals surface area contributed by atoms with E-state index in [1.807, 2.05) is 71.9 Å². The second-order valence-electron chi connectivity index (χ2n) is 11.7. The molecule has 7 nitrogen and oxygen atoms in total. The van der Waals surface area contributed by atoms with Crippen LogP contribution in [0.15, 0.2) is 24.3 Å². The molecule has 0 aromatic heterocycles. The van der Waals surface area contributed by atoms with Gasteiger partial charge in [0.2, 0.25) is 17.3 Å². The highest BCUT2D eigenvalue weighted by atomic mass is 16.5. The number of amides is 2. The average Bonchev–Trinajstić information content (AvgIpc) is 3.29. The molecular weight excluding hydrogens is 430 g/mol. The first-order valence-electron chi connectivity index (χ1n) is 12.1. The number of benzene rings is 1. The summed E-state index contributed by atoms with van der Waals surface area (Å²) in [6.07, 6.45) is 7.24. The lowest BCUT2D eigenvalue weighted by molar-refractivity contribution is -0.362. The Morgan fingerprint density at radius 1 is 1.18 bits per heavy atom. The lowest BCUT2D eigenvalue weighted by Gasteiger charge is -2.53. The zero-order chi connectivity index (χ0) is 24.4. The third-order valence-electron chi connectivity index (χ3n) is 8.95. The molecule has 2 unspecified atom stereocenters. The van der Waals surface area contributed by atoms with Crippen molar-refractivity contribution in [2.45, 2.75) is 71.1 Å². The summed E-state index contributed by atoms with van der Waals surface area (Å²) in [5.41, 5.74) is 0.291. The molecule has 3 atom stereocenters. The molecule has 1 N–H and O–H groups in total. The molecular formula is C27H31N3O4. The molecule has 5 aliphatic rings. The molecule has 2 fully saturated rings. The number of nitrogens with one attached hydrogen (secondary N) is 1. The van der Waals surface area contributed by atoms with Crippen molar-refractivity contribution in [1.29, 1.82) is 0 Å². The number of fused-ring (bicyclic) bond motifs is 6. The number of ether oxygens (including phenoxy) is 1. The lowest BCUT2D eigenvalue weighted by atomic mass is 9.59. The molecule has 1 aliphatic carbocycles. The molecule has 178 valence electrons. The molecule has 4 heterocycles. The molecule has 0 bridgehead atoms. The van der Waals surface area contributed by atoms with E-state index in [0.717, 1.165) is 27.9 Å². The van der Waals surface area contributed by atoms with E-state index in [1.54, 1.807) is 4.90 Å². The summed E-state index contributed by atoms with van der Waals surface area (Å²) < 4.78 is 7.14. The monoisotopic (exact) mass is 461 g/mol. The highest BCUT2D eigenvalue weighted by Crippen LogP contribution is 2.55. The second-order valence-corrected chi connectivity index (χ2v) is 11.7. The standard InChI is InChI=1S/C27H31N3O4/c1-15-25(4,5)21-18(14-27(15)23(32)29-13-7-11-26(29,6)22(31)28-27)16-8-9-19-17(20(16)30(21)33)10-12-24(2,3)34-19/h8-10,12,14-15H,7,11,13H2,1-6H3,(H,28,31)/t15?,26?,27-/m0/s1. The summed E-state index contributed by atoms with van der Waals surface area (Å²) in [6.45, 7) is 12.3. The summed E-state index contributed by atoms with van der Waals surface area (Å²) in [5, 5.41) is 17.0. The number of hydrogen-bond donors (Lipinski definition) is 1. The second kappa shape index (κ2) is 6.12. The van der Waals surface area contributed by atoms with Crippen molar-refractivity contribution in [3.05, 3.63) is 40.6 Å². The maximum Gasteiger partial charge on any atom is 0.253 e. The van der Waals surface area contributed by atoms with E-state index < -0.39 is 22.1 Å². The fourth-order valence-electron chi connectivity index (χ4n) is 6.62. The lowest BCUT2D eigenvalue weighted by Crippen LogP contribution is -2.76. The Hall–Kier alpha value is -3.09. The minimum absolute atomic E-state index is 0.0759. The van der Waals surface area contributed by atoms with Crippen molar-refractivity contribution >= 4 is 34.9 Å². The SMILES string of the molecule is CC1C(C)(C)C2=[N+]([O-])c3c(ccc4c3C=CC(C)(C)O4)C2=C[C@]12NC(=O)C1(C)CCCN1C2=O. The number of piperazine rings is 1. The number of rotatable bonds is 0. The van der Waals surface area contributed by atoms with Gasteiger partial charge in [0.25, 0.3) is 5.91 Å². The van der Waals surface area contributed by atoms with Gasteiger partial charge in [-0.25, -0.2) is 0 Å². The van der Waals surface area contributed by atoms with Crippen LogP contribution in [-0.2, 0) is 9.59 Å². The van der Waals surface area contributed by atoms with Gasteiger partial charge in [0.15, 0.2) is 0 Å². The van der Waals surface area contributed by atoms with E-state index in [2.05, 4.69) is 5.32 Å². The van der Waals surface area contributed by atoms with Crippen molar-refractivity contribution < 1.29 is 19.1 Å². The molecule has 0 saturated carbocycles. The van der Waals surface area contributed by atoms with Crippen LogP contribution in [0.2, 0.25) is 0 Å². The predicted molar refractivity (Wildman–Crippen MR) is 130 cm³/mol. The molecule has 1 spiro atoms. The molecule has 2 saturated heterocycles. The quantitative estimate of drug-likeness (QED) is 0.471. The maximum atomic E-state index is 14.1. The van der Waals surface area contributed by atoms with Gasteiger partial charge < -0.3 is 20.2 Å². The van der Waals surface area contributed by atoms with Crippen LogP contribution in [0, 0.1) is 16.5 Å². The van der Waals surface area contributed by atoms with E-state index in [4.69, 9.17) is 4.74 Å². The smallest absolute Gasteiger partial charge is 0.253 e. The molecule has 34 heavy (non-hydrogen) atoms. The van der Waals surface area contributed by atoms with E-state index in [0.29, 0.717) is 30.1 Å². The topological polar surface area (TPSA) is 84.7 Å². The van der Waals surface area contributed by atoms with Crippen LogP contribution in [-0.4, -0.2) is 50.4 Å². The van der Waals surface area contributed by atoms with Gasteiger partial charge in [-0.3, -0.25) is 9.59 Å². The first kappa shape index (κ1) is 21.4. The molecule has 4 aliphatic heterocycles. The van der Waals surface area contributed by atoms with Crippen molar-refractivity contribution in [2.24, 2.45) is 11.3 Å². The predicted octanol–water partition coefficient (Wildman–Crippen LogP) is 3.78. The molecule has 7 heteroatoms. The zero-order valence-electron chi connectivity index (χ0n) is 20.6. The molecule has 1 aromatic carbocycles. The van der Waals surface area contributed by atoms with E-state index in [1.165, 1.54) is 0 Å². The van der Waals surface area contributed by atoms with E-state index in [9.17, 15) is 14.8 Å². The van der Waals surface area contributed by atoms with Gasteiger partial charge in [-0.05, 0) is 77.8 Å². The summed E-state index contributed by atoms with van der Waals surface area (Å²) in [7, 11) is 0. The molecule has 0 radical (unpaired) electrons. The third kappa shape index (κ3) is 2.35. The maximum absolute atomic E-state index is 14.1. The normalized spacial score (nSPS) is 34.2. The molecule has 6 rings (SSSR count). The van der Waals surface area contributed by atoms with Crippen molar-refractivity contribution in [1.82, 2.24) is 10.2 Å². The van der Waals surface area contributed by atoms with Gasteiger partial charge in [-0.2, -0.15) is 4.74 Å². The van der Waals surface area contributed by atoms with Gasteiger partial charge in [0, 0.05) is 12.5 Å². The van der Waals surface area contributed by atoms with Crippen molar-refractivity contribution in [2.75, 3.05) is 6.54 Å². The number of nitrogens with zero attached hydrogens (tertiary/aromatic N) is 2. The Morgan fingerprint density at radius 2 is 1.91 bits per heavy atom. The first-order valence-corrected chi connectivity index (χ1v) is 12.1. The van der Waals surface area contributed by atoms with Crippen LogP contribution in [0.1, 0.15) is 65.5 Å². The zero-order valence-corrected chi connectivity index (χ0v) is 20.6. The number of carbonyl (C=O) groups excluding carboxylic acids is 2.